The zero-order chi connectivity index (χ0) is 22.5. The second-order valence-corrected chi connectivity index (χ2v) is 8.94. The summed E-state index contributed by atoms with van der Waals surface area (Å²) in [5.74, 6) is -0.633. The van der Waals surface area contributed by atoms with Crippen LogP contribution < -0.4 is 0 Å². The maximum absolute atomic E-state index is 14.7. The maximum Gasteiger partial charge on any atom is 0.163 e. The lowest BCUT2D eigenvalue weighted by atomic mass is 9.92. The smallest absolute Gasteiger partial charge is 0.163 e. The highest BCUT2D eigenvalue weighted by atomic mass is 19.1. The summed E-state index contributed by atoms with van der Waals surface area (Å²) < 4.78 is 36.4. The van der Waals surface area contributed by atoms with Gasteiger partial charge in [0.1, 0.15) is 17.5 Å². The van der Waals surface area contributed by atoms with Crippen LogP contribution in [0.2, 0.25) is 0 Å². The number of hydrogen-bond donors (Lipinski definition) is 0. The van der Waals surface area contributed by atoms with Crippen molar-refractivity contribution in [3.05, 3.63) is 71.4 Å². The average Bonchev–Trinajstić information content (AvgIpc) is 3.54. The standard InChI is InChI=1S/C25H23F2N5O/c1-14-2-6-20-23(19-7-3-17(26)11-21(19)27)30-24(31-25(20)29-14)15-8-9-33-22(10-15)16-12-28-32(13-16)18-4-5-18/h2-3,6-7,11-13,15,18,22H,4-5,8-10H2,1H3/t15-,22-/m1/s1. The van der Waals surface area contributed by atoms with Crippen LogP contribution in [0.1, 0.15) is 60.8 Å². The second kappa shape index (κ2) is 7.95. The molecule has 4 heterocycles. The van der Waals surface area contributed by atoms with Crippen molar-refractivity contribution in [3.63, 3.8) is 0 Å². The summed E-state index contributed by atoms with van der Waals surface area (Å²) in [6, 6.07) is 7.76. The highest BCUT2D eigenvalue weighted by Crippen LogP contribution is 2.40. The summed E-state index contributed by atoms with van der Waals surface area (Å²) in [4.78, 5) is 14.1. The fraction of sp³-hybridized carbons (Fsp3) is 0.360. The predicted octanol–water partition coefficient (Wildman–Crippen LogP) is 5.45. The number of ether oxygens (including phenoxy) is 1. The number of nitrogens with zero attached hydrogens (tertiary/aromatic N) is 5. The van der Waals surface area contributed by atoms with E-state index in [4.69, 9.17) is 14.7 Å². The molecule has 0 N–H and O–H groups in total. The molecule has 1 aromatic carbocycles. The van der Waals surface area contributed by atoms with Crippen LogP contribution in [0.25, 0.3) is 22.3 Å². The first-order valence-electron chi connectivity index (χ1n) is 11.3. The van der Waals surface area contributed by atoms with Crippen molar-refractivity contribution >= 4 is 11.0 Å². The summed E-state index contributed by atoms with van der Waals surface area (Å²) in [6.07, 6.45) is 7.69. The van der Waals surface area contributed by atoms with Gasteiger partial charge < -0.3 is 4.74 Å². The minimum atomic E-state index is -0.654. The van der Waals surface area contributed by atoms with Gasteiger partial charge in [0, 0.05) is 47.0 Å². The van der Waals surface area contributed by atoms with E-state index in [-0.39, 0.29) is 17.6 Å². The number of aryl methyl sites for hydroxylation is 1. The number of pyridine rings is 1. The zero-order valence-electron chi connectivity index (χ0n) is 18.2. The van der Waals surface area contributed by atoms with Gasteiger partial charge in [-0.05, 0) is 56.9 Å². The molecule has 0 spiro atoms. The summed E-state index contributed by atoms with van der Waals surface area (Å²) in [6.45, 7) is 2.47. The molecule has 4 aromatic rings. The SMILES string of the molecule is Cc1ccc2c(-c3ccc(F)cc3F)nc([C@@H]3CCO[C@@H](c4cnn(C5CC5)c4)C3)nc2n1. The number of halogens is 2. The van der Waals surface area contributed by atoms with E-state index < -0.39 is 11.6 Å². The van der Waals surface area contributed by atoms with E-state index in [1.807, 2.05) is 29.9 Å². The topological polar surface area (TPSA) is 65.7 Å². The van der Waals surface area contributed by atoms with E-state index in [2.05, 4.69) is 16.3 Å². The molecule has 1 aliphatic carbocycles. The zero-order valence-corrected chi connectivity index (χ0v) is 18.2. The van der Waals surface area contributed by atoms with Crippen molar-refractivity contribution in [2.75, 3.05) is 6.61 Å². The lowest BCUT2D eigenvalue weighted by Crippen LogP contribution is -2.20. The molecular weight excluding hydrogens is 424 g/mol. The molecule has 2 aliphatic rings. The number of benzene rings is 1. The summed E-state index contributed by atoms with van der Waals surface area (Å²) >= 11 is 0. The van der Waals surface area contributed by atoms with Gasteiger partial charge in [0.25, 0.3) is 0 Å². The van der Waals surface area contributed by atoms with E-state index in [1.165, 1.54) is 25.0 Å². The highest BCUT2D eigenvalue weighted by molar-refractivity contribution is 5.90. The Labute approximate surface area is 189 Å². The molecule has 0 bridgehead atoms. The molecule has 2 atom stereocenters. The first-order chi connectivity index (χ1) is 16.0. The third kappa shape index (κ3) is 3.88. The Bertz CT molecular complexity index is 1350. The van der Waals surface area contributed by atoms with Crippen molar-refractivity contribution in [2.24, 2.45) is 0 Å². The fourth-order valence-corrected chi connectivity index (χ4v) is 4.51. The van der Waals surface area contributed by atoms with Crippen LogP contribution >= 0.6 is 0 Å². The predicted molar refractivity (Wildman–Crippen MR) is 119 cm³/mol. The van der Waals surface area contributed by atoms with Crippen molar-refractivity contribution < 1.29 is 13.5 Å². The molecule has 3 aromatic heterocycles. The van der Waals surface area contributed by atoms with Crippen LogP contribution in [0, 0.1) is 18.6 Å². The third-order valence-corrected chi connectivity index (χ3v) is 6.47. The highest BCUT2D eigenvalue weighted by Gasteiger charge is 2.31. The van der Waals surface area contributed by atoms with Crippen molar-refractivity contribution in [1.29, 1.82) is 0 Å². The minimum Gasteiger partial charge on any atom is -0.373 e. The minimum absolute atomic E-state index is 0.0296. The molecule has 0 amide bonds. The van der Waals surface area contributed by atoms with Crippen LogP contribution in [0.3, 0.4) is 0 Å². The first-order valence-corrected chi connectivity index (χ1v) is 11.3. The van der Waals surface area contributed by atoms with E-state index in [1.54, 1.807) is 0 Å². The molecule has 1 saturated carbocycles. The Kier molecular flexibility index (Phi) is 4.90. The third-order valence-electron chi connectivity index (χ3n) is 6.47. The van der Waals surface area contributed by atoms with Crippen LogP contribution in [0.5, 0.6) is 0 Å². The van der Waals surface area contributed by atoms with Crippen molar-refractivity contribution in [1.82, 2.24) is 24.7 Å². The number of fused-ring (bicyclic) bond motifs is 1. The molecule has 6 nitrogen and oxygen atoms in total. The van der Waals surface area contributed by atoms with Crippen LogP contribution in [0.15, 0.2) is 42.7 Å². The van der Waals surface area contributed by atoms with E-state index in [0.717, 1.165) is 23.7 Å². The van der Waals surface area contributed by atoms with E-state index in [9.17, 15) is 8.78 Å². The fourth-order valence-electron chi connectivity index (χ4n) is 4.51. The maximum atomic E-state index is 14.7. The molecule has 1 saturated heterocycles. The van der Waals surface area contributed by atoms with Gasteiger partial charge in [0.05, 0.1) is 24.0 Å². The molecule has 1 aliphatic heterocycles. The monoisotopic (exact) mass is 447 g/mol. The van der Waals surface area contributed by atoms with Gasteiger partial charge in [-0.3, -0.25) is 4.68 Å². The van der Waals surface area contributed by atoms with Crippen LogP contribution in [-0.2, 0) is 4.74 Å². The Morgan fingerprint density at radius 2 is 1.91 bits per heavy atom. The molecular formula is C25H23F2N5O. The Balaban J connectivity index is 1.39. The second-order valence-electron chi connectivity index (χ2n) is 8.94. The molecule has 6 rings (SSSR count). The Hall–Kier alpha value is -3.26. The Morgan fingerprint density at radius 1 is 1.03 bits per heavy atom. The van der Waals surface area contributed by atoms with Crippen molar-refractivity contribution in [3.8, 4) is 11.3 Å². The number of hydrogen-bond acceptors (Lipinski definition) is 5. The molecule has 2 fully saturated rings. The van der Waals surface area contributed by atoms with Gasteiger partial charge >= 0.3 is 0 Å². The first kappa shape index (κ1) is 20.4. The molecule has 8 heteroatoms. The normalized spacial score (nSPS) is 20.9. The lowest BCUT2D eigenvalue weighted by molar-refractivity contribution is 0.00396. The van der Waals surface area contributed by atoms with Gasteiger partial charge in [0.15, 0.2) is 5.65 Å². The van der Waals surface area contributed by atoms with Crippen molar-refractivity contribution in [2.45, 2.75) is 50.7 Å². The van der Waals surface area contributed by atoms with Gasteiger partial charge in [-0.15, -0.1) is 0 Å². The van der Waals surface area contributed by atoms with Gasteiger partial charge in [-0.1, -0.05) is 0 Å². The molecule has 0 radical (unpaired) electrons. The van der Waals surface area contributed by atoms with Gasteiger partial charge in [-0.2, -0.15) is 5.10 Å². The van der Waals surface area contributed by atoms with Crippen LogP contribution in [0.4, 0.5) is 8.78 Å². The quantitative estimate of drug-likeness (QED) is 0.417. The molecule has 33 heavy (non-hydrogen) atoms. The van der Waals surface area contributed by atoms with E-state index >= 15 is 0 Å². The van der Waals surface area contributed by atoms with Gasteiger partial charge in [-0.25, -0.2) is 23.7 Å². The average molecular weight is 447 g/mol. The van der Waals surface area contributed by atoms with Gasteiger partial charge in [0.2, 0.25) is 0 Å². The largest absolute Gasteiger partial charge is 0.373 e. The number of rotatable bonds is 4. The molecule has 168 valence electrons. The molecule has 0 unspecified atom stereocenters. The summed E-state index contributed by atoms with van der Waals surface area (Å²) in [5.41, 5.74) is 3.07. The van der Waals surface area contributed by atoms with Crippen LogP contribution in [-0.4, -0.2) is 31.3 Å². The Morgan fingerprint density at radius 3 is 2.73 bits per heavy atom. The summed E-state index contributed by atoms with van der Waals surface area (Å²) in [5, 5.41) is 5.14. The summed E-state index contributed by atoms with van der Waals surface area (Å²) in [7, 11) is 0. The van der Waals surface area contributed by atoms with E-state index in [0.29, 0.717) is 41.6 Å². The number of aromatic nitrogens is 5. The lowest BCUT2D eigenvalue weighted by Gasteiger charge is -2.28.